The van der Waals surface area contributed by atoms with Crippen molar-refractivity contribution in [2.45, 2.75) is 32.2 Å². The van der Waals surface area contributed by atoms with Crippen LogP contribution in [-0.4, -0.2) is 71.6 Å². The fourth-order valence-electron chi connectivity index (χ4n) is 5.04. The van der Waals surface area contributed by atoms with Crippen LogP contribution in [0.1, 0.15) is 25.6 Å². The number of piperazine rings is 1. The monoisotopic (exact) mass is 445 g/mol. The number of nitrogens with zero attached hydrogens (tertiary/aromatic N) is 4. The van der Waals surface area contributed by atoms with E-state index in [0.717, 1.165) is 65.3 Å². The molecule has 0 saturated carbocycles. The van der Waals surface area contributed by atoms with E-state index in [1.807, 2.05) is 37.3 Å². The first-order chi connectivity index (χ1) is 16.1. The van der Waals surface area contributed by atoms with Crippen molar-refractivity contribution in [2.75, 3.05) is 45.2 Å². The number of carbonyl (C=O) groups excluding carboxylic acids is 1. The summed E-state index contributed by atoms with van der Waals surface area (Å²) in [6.45, 7) is 6.63. The number of carbonyl (C=O) groups is 1. The summed E-state index contributed by atoms with van der Waals surface area (Å²) in [4.78, 5) is 26.9. The van der Waals surface area contributed by atoms with E-state index in [1.165, 1.54) is 19.4 Å². The highest BCUT2D eigenvalue weighted by atomic mass is 16.5. The van der Waals surface area contributed by atoms with Gasteiger partial charge in [-0.3, -0.25) is 14.6 Å². The predicted molar refractivity (Wildman–Crippen MR) is 131 cm³/mol. The first-order valence-corrected chi connectivity index (χ1v) is 11.8. The van der Waals surface area contributed by atoms with E-state index in [-0.39, 0.29) is 5.91 Å². The van der Waals surface area contributed by atoms with Crippen molar-refractivity contribution in [1.82, 2.24) is 19.8 Å². The highest BCUT2D eigenvalue weighted by molar-refractivity contribution is 6.05. The number of hydrogen-bond donors (Lipinski definition) is 1. The van der Waals surface area contributed by atoms with Crippen LogP contribution in [0.25, 0.3) is 22.0 Å². The number of rotatable bonds is 6. The molecular weight excluding hydrogens is 414 g/mol. The van der Waals surface area contributed by atoms with Crippen molar-refractivity contribution in [2.24, 2.45) is 0 Å². The van der Waals surface area contributed by atoms with Crippen LogP contribution in [0.5, 0.6) is 5.75 Å². The summed E-state index contributed by atoms with van der Waals surface area (Å²) >= 11 is 0. The molecule has 33 heavy (non-hydrogen) atoms. The SMILES string of the molecule is CCc1nccc(-c2cc(NC(=O)CN3CCN4CCCC4C3)c3cc(OC)ccc3c2)n1. The number of methoxy groups -OCH3 is 1. The Morgan fingerprint density at radius 2 is 2.09 bits per heavy atom. The van der Waals surface area contributed by atoms with Gasteiger partial charge in [-0.1, -0.05) is 13.0 Å². The summed E-state index contributed by atoms with van der Waals surface area (Å²) in [5, 5.41) is 5.17. The lowest BCUT2D eigenvalue weighted by molar-refractivity contribution is -0.117. The van der Waals surface area contributed by atoms with Crippen LogP contribution in [0, 0.1) is 0 Å². The molecule has 5 rings (SSSR count). The highest BCUT2D eigenvalue weighted by Gasteiger charge is 2.31. The lowest BCUT2D eigenvalue weighted by atomic mass is 10.0. The zero-order valence-electron chi connectivity index (χ0n) is 19.4. The van der Waals surface area contributed by atoms with Gasteiger partial charge in [0.15, 0.2) is 0 Å². The third-order valence-corrected chi connectivity index (χ3v) is 6.79. The molecule has 1 aromatic heterocycles. The molecule has 3 aromatic rings. The van der Waals surface area contributed by atoms with Crippen molar-refractivity contribution in [1.29, 1.82) is 0 Å². The number of benzene rings is 2. The summed E-state index contributed by atoms with van der Waals surface area (Å²) in [5.74, 6) is 1.58. The largest absolute Gasteiger partial charge is 0.497 e. The molecule has 0 radical (unpaired) electrons. The zero-order chi connectivity index (χ0) is 22.8. The van der Waals surface area contributed by atoms with Gasteiger partial charge in [0, 0.05) is 54.9 Å². The second-order valence-electron chi connectivity index (χ2n) is 8.94. The number of ether oxygens (including phenoxy) is 1. The number of aromatic nitrogens is 2. The van der Waals surface area contributed by atoms with Crippen molar-refractivity contribution >= 4 is 22.4 Å². The van der Waals surface area contributed by atoms with E-state index in [9.17, 15) is 4.79 Å². The van der Waals surface area contributed by atoms with Gasteiger partial charge >= 0.3 is 0 Å². The third-order valence-electron chi connectivity index (χ3n) is 6.79. The van der Waals surface area contributed by atoms with Crippen molar-refractivity contribution in [3.05, 3.63) is 48.4 Å². The van der Waals surface area contributed by atoms with E-state index in [2.05, 4.69) is 31.2 Å². The van der Waals surface area contributed by atoms with Gasteiger partial charge in [-0.15, -0.1) is 0 Å². The second-order valence-corrected chi connectivity index (χ2v) is 8.94. The Bertz CT molecular complexity index is 1160. The number of fused-ring (bicyclic) bond motifs is 2. The van der Waals surface area contributed by atoms with Crippen LogP contribution in [0.4, 0.5) is 5.69 Å². The Morgan fingerprint density at radius 3 is 2.94 bits per heavy atom. The minimum atomic E-state index is 0.0136. The van der Waals surface area contributed by atoms with Crippen LogP contribution in [0.2, 0.25) is 0 Å². The first-order valence-electron chi connectivity index (χ1n) is 11.8. The summed E-state index contributed by atoms with van der Waals surface area (Å²) in [7, 11) is 1.66. The molecule has 1 unspecified atom stereocenters. The maximum absolute atomic E-state index is 13.1. The van der Waals surface area contributed by atoms with Gasteiger partial charge < -0.3 is 10.1 Å². The molecule has 172 valence electrons. The molecule has 2 aromatic carbocycles. The molecular formula is C26H31N5O2. The number of hydrogen-bond acceptors (Lipinski definition) is 6. The molecule has 7 nitrogen and oxygen atoms in total. The Kier molecular flexibility index (Phi) is 6.24. The predicted octanol–water partition coefficient (Wildman–Crippen LogP) is 3.59. The maximum Gasteiger partial charge on any atom is 0.238 e. The zero-order valence-corrected chi connectivity index (χ0v) is 19.4. The molecule has 0 spiro atoms. The number of anilines is 1. The average molecular weight is 446 g/mol. The molecule has 2 saturated heterocycles. The summed E-state index contributed by atoms with van der Waals surface area (Å²) in [6.07, 6.45) is 5.08. The van der Waals surface area contributed by atoms with Crippen molar-refractivity contribution < 1.29 is 9.53 Å². The summed E-state index contributed by atoms with van der Waals surface area (Å²) in [6, 6.07) is 12.6. The quantitative estimate of drug-likeness (QED) is 0.625. The van der Waals surface area contributed by atoms with Gasteiger partial charge in [0.1, 0.15) is 11.6 Å². The Hall–Kier alpha value is -3.03. The first kappa shape index (κ1) is 21.8. The highest BCUT2D eigenvalue weighted by Crippen LogP contribution is 2.33. The Morgan fingerprint density at radius 1 is 1.18 bits per heavy atom. The number of amides is 1. The molecule has 2 fully saturated rings. The van der Waals surface area contributed by atoms with Crippen LogP contribution < -0.4 is 10.1 Å². The van der Waals surface area contributed by atoms with E-state index in [1.54, 1.807) is 13.3 Å². The lowest BCUT2D eigenvalue weighted by Gasteiger charge is -2.37. The minimum absolute atomic E-state index is 0.0136. The van der Waals surface area contributed by atoms with Crippen molar-refractivity contribution in [3.8, 4) is 17.0 Å². The lowest BCUT2D eigenvalue weighted by Crippen LogP contribution is -2.51. The van der Waals surface area contributed by atoms with E-state index in [0.29, 0.717) is 12.6 Å². The Balaban J connectivity index is 1.42. The maximum atomic E-state index is 13.1. The van der Waals surface area contributed by atoms with Gasteiger partial charge in [-0.05, 0) is 55.1 Å². The standard InChI is InChI=1S/C26H31N5O2/c1-3-25-27-9-8-23(28-25)19-13-18-6-7-21(33-2)15-22(18)24(14-19)29-26(32)17-30-11-12-31-10-4-5-20(31)16-30/h6-9,13-15,20H,3-5,10-12,16-17H2,1-2H3,(H,29,32). The number of aryl methyl sites for hydroxylation is 1. The minimum Gasteiger partial charge on any atom is -0.497 e. The smallest absolute Gasteiger partial charge is 0.238 e. The molecule has 0 bridgehead atoms. The molecule has 7 heteroatoms. The topological polar surface area (TPSA) is 70.6 Å². The van der Waals surface area contributed by atoms with Crippen LogP contribution in [0.15, 0.2) is 42.6 Å². The molecule has 0 aliphatic carbocycles. The van der Waals surface area contributed by atoms with E-state index in [4.69, 9.17) is 4.74 Å². The molecule has 1 atom stereocenters. The summed E-state index contributed by atoms with van der Waals surface area (Å²) in [5.41, 5.74) is 2.59. The molecule has 1 amide bonds. The average Bonchev–Trinajstić information content (AvgIpc) is 3.31. The van der Waals surface area contributed by atoms with Gasteiger partial charge in [0.2, 0.25) is 5.91 Å². The Labute approximate surface area is 194 Å². The van der Waals surface area contributed by atoms with Gasteiger partial charge in [0.25, 0.3) is 0 Å². The van der Waals surface area contributed by atoms with Crippen LogP contribution in [0.3, 0.4) is 0 Å². The van der Waals surface area contributed by atoms with Gasteiger partial charge in [-0.2, -0.15) is 0 Å². The van der Waals surface area contributed by atoms with E-state index < -0.39 is 0 Å². The normalized spacial score (nSPS) is 18.9. The fraction of sp³-hybridized carbons (Fsp3) is 0.423. The summed E-state index contributed by atoms with van der Waals surface area (Å²) < 4.78 is 5.44. The second kappa shape index (κ2) is 9.45. The fourth-order valence-corrected chi connectivity index (χ4v) is 5.04. The van der Waals surface area contributed by atoms with Gasteiger partial charge in [-0.25, -0.2) is 9.97 Å². The molecule has 2 aliphatic heterocycles. The van der Waals surface area contributed by atoms with Gasteiger partial charge in [0.05, 0.1) is 19.3 Å². The van der Waals surface area contributed by atoms with Crippen LogP contribution in [-0.2, 0) is 11.2 Å². The van der Waals surface area contributed by atoms with Crippen LogP contribution >= 0.6 is 0 Å². The van der Waals surface area contributed by atoms with E-state index >= 15 is 0 Å². The number of nitrogens with one attached hydrogen (secondary N) is 1. The molecule has 1 N–H and O–H groups in total. The third kappa shape index (κ3) is 4.70. The molecule has 2 aliphatic rings. The molecule has 3 heterocycles. The van der Waals surface area contributed by atoms with Crippen molar-refractivity contribution in [3.63, 3.8) is 0 Å².